The largest absolute Gasteiger partial charge is 0.309 e. The number of para-hydroxylation sites is 1. The number of rotatable bonds is 6. The normalized spacial score (nSPS) is 12.0. The van der Waals surface area contributed by atoms with Crippen LogP contribution in [0.5, 0.6) is 0 Å². The van der Waals surface area contributed by atoms with Gasteiger partial charge in [0.05, 0.1) is 33.5 Å². The monoisotopic (exact) mass is 761 g/mol. The molecule has 13 aromatic rings. The molecule has 10 aromatic carbocycles. The van der Waals surface area contributed by atoms with Crippen LogP contribution in [0.2, 0.25) is 0 Å². The first-order valence-corrected chi connectivity index (χ1v) is 20.6. The van der Waals surface area contributed by atoms with Crippen molar-refractivity contribution in [2.45, 2.75) is 0 Å². The van der Waals surface area contributed by atoms with Crippen molar-refractivity contribution in [2.75, 3.05) is 0 Å². The Balaban J connectivity index is 0.978. The van der Waals surface area contributed by atoms with Gasteiger partial charge in [0.15, 0.2) is 0 Å². The predicted molar refractivity (Wildman–Crippen MR) is 252 cm³/mol. The second kappa shape index (κ2) is 12.7. The Labute approximate surface area is 346 Å². The topological polar surface area (TPSA) is 22.8 Å². The smallest absolute Gasteiger partial charge is 0.0715 e. The van der Waals surface area contributed by atoms with E-state index < -0.39 is 0 Å². The van der Waals surface area contributed by atoms with Crippen LogP contribution in [0.1, 0.15) is 0 Å². The summed E-state index contributed by atoms with van der Waals surface area (Å²) in [5.74, 6) is 0. The molecule has 0 unspecified atom stereocenters. The molecule has 278 valence electrons. The molecule has 3 heterocycles. The summed E-state index contributed by atoms with van der Waals surface area (Å²) in [5, 5.41) is 10.3. The van der Waals surface area contributed by atoms with Crippen LogP contribution in [0.15, 0.2) is 212 Å². The van der Waals surface area contributed by atoms with Crippen molar-refractivity contribution in [3.8, 4) is 56.1 Å². The quantitative estimate of drug-likeness (QED) is 0.155. The van der Waals surface area contributed by atoms with E-state index in [1.165, 1.54) is 87.5 Å². The average molecular weight is 762 g/mol. The SMILES string of the molecule is c1ccc(-c2cc(-c3ccccc3)nc(-c3ccc(-n4c5cccc6ccc7c(-c8cc9ccc%10cccc%11c%10c9c(c8)n%11-c8ccccc8)ccc4c7c65)cc3)c2)cc1. The highest BCUT2D eigenvalue weighted by atomic mass is 15.0. The fourth-order valence-corrected chi connectivity index (χ4v) is 9.94. The van der Waals surface area contributed by atoms with Gasteiger partial charge in [0.25, 0.3) is 0 Å². The number of benzene rings is 10. The summed E-state index contributed by atoms with van der Waals surface area (Å²) in [4.78, 5) is 5.21. The van der Waals surface area contributed by atoms with Crippen molar-refractivity contribution in [3.63, 3.8) is 0 Å². The lowest BCUT2D eigenvalue weighted by molar-refractivity contribution is 1.18. The van der Waals surface area contributed by atoms with E-state index in [2.05, 4.69) is 221 Å². The minimum atomic E-state index is 0.952. The van der Waals surface area contributed by atoms with Gasteiger partial charge in [-0.3, -0.25) is 0 Å². The molecule has 0 N–H and O–H groups in total. The lowest BCUT2D eigenvalue weighted by Crippen LogP contribution is -1.95. The van der Waals surface area contributed by atoms with Crippen LogP contribution in [0.4, 0.5) is 0 Å². The van der Waals surface area contributed by atoms with Gasteiger partial charge in [-0.15, -0.1) is 0 Å². The summed E-state index contributed by atoms with van der Waals surface area (Å²) < 4.78 is 4.88. The van der Waals surface area contributed by atoms with E-state index in [0.717, 1.165) is 33.8 Å². The van der Waals surface area contributed by atoms with E-state index in [-0.39, 0.29) is 0 Å². The Bertz CT molecular complexity index is 3670. The fraction of sp³-hybridized carbons (Fsp3) is 0. The molecule has 0 radical (unpaired) electrons. The molecule has 0 spiro atoms. The number of hydrogen-bond acceptors (Lipinski definition) is 1. The molecule has 3 aromatic heterocycles. The van der Waals surface area contributed by atoms with Crippen LogP contribution in [0, 0.1) is 0 Å². The van der Waals surface area contributed by atoms with Gasteiger partial charge in [0.2, 0.25) is 0 Å². The molecule has 0 bridgehead atoms. The standard InChI is InChI=1S/C57H35N3/c1-4-12-36(13-5-1)42-33-48(37-14-6-2-7-15-37)58-49(34-42)38-24-27-45(28-25-38)59-51-21-11-17-40-26-29-47-46(30-31-52(59)57(47)55(40)51)43-32-41-23-22-39-16-10-20-50-54(39)56(41)53(35-43)60(50)44-18-8-3-9-19-44/h1-35H. The zero-order valence-corrected chi connectivity index (χ0v) is 32.5. The first kappa shape index (κ1) is 33.0. The van der Waals surface area contributed by atoms with Crippen molar-refractivity contribution in [2.24, 2.45) is 0 Å². The zero-order valence-electron chi connectivity index (χ0n) is 32.5. The van der Waals surface area contributed by atoms with Crippen molar-refractivity contribution in [3.05, 3.63) is 212 Å². The summed E-state index contributed by atoms with van der Waals surface area (Å²) in [5.41, 5.74) is 16.1. The summed E-state index contributed by atoms with van der Waals surface area (Å²) in [6.45, 7) is 0. The fourth-order valence-electron chi connectivity index (χ4n) is 9.94. The van der Waals surface area contributed by atoms with Gasteiger partial charge in [0.1, 0.15) is 0 Å². The molecule has 0 aliphatic heterocycles. The molecule has 0 aliphatic rings. The van der Waals surface area contributed by atoms with E-state index in [1.807, 2.05) is 0 Å². The van der Waals surface area contributed by atoms with E-state index in [1.54, 1.807) is 0 Å². The van der Waals surface area contributed by atoms with Crippen LogP contribution in [-0.4, -0.2) is 14.1 Å². The predicted octanol–water partition coefficient (Wildman–Crippen LogP) is 15.1. The maximum absolute atomic E-state index is 5.21. The Morgan fingerprint density at radius 2 is 0.817 bits per heavy atom. The molecule has 0 fully saturated rings. The third-order valence-electron chi connectivity index (χ3n) is 12.6. The molecule has 0 saturated carbocycles. The van der Waals surface area contributed by atoms with Gasteiger partial charge in [0, 0.05) is 44.0 Å². The molecule has 60 heavy (non-hydrogen) atoms. The molecule has 0 saturated heterocycles. The number of aromatic nitrogens is 3. The van der Waals surface area contributed by atoms with Crippen molar-refractivity contribution in [1.82, 2.24) is 14.1 Å². The van der Waals surface area contributed by atoms with Crippen molar-refractivity contribution < 1.29 is 0 Å². The van der Waals surface area contributed by atoms with Gasteiger partial charge in [-0.2, -0.15) is 0 Å². The Morgan fingerprint density at radius 3 is 1.52 bits per heavy atom. The second-order valence-corrected chi connectivity index (χ2v) is 15.9. The molecule has 13 rings (SSSR count). The highest BCUT2D eigenvalue weighted by Gasteiger charge is 2.22. The zero-order chi connectivity index (χ0) is 39.3. The van der Waals surface area contributed by atoms with Crippen molar-refractivity contribution in [1.29, 1.82) is 0 Å². The molecular weight excluding hydrogens is 727 g/mol. The van der Waals surface area contributed by atoms with Crippen LogP contribution >= 0.6 is 0 Å². The molecule has 0 aliphatic carbocycles. The number of pyridine rings is 1. The lowest BCUT2D eigenvalue weighted by atomic mass is 9.92. The maximum atomic E-state index is 5.21. The molecule has 0 atom stereocenters. The number of hydrogen-bond donors (Lipinski definition) is 0. The summed E-state index contributed by atoms with van der Waals surface area (Å²) >= 11 is 0. The van der Waals surface area contributed by atoms with Gasteiger partial charge >= 0.3 is 0 Å². The number of nitrogens with zero attached hydrogens (tertiary/aromatic N) is 3. The highest BCUT2D eigenvalue weighted by molar-refractivity contribution is 6.28. The van der Waals surface area contributed by atoms with E-state index in [0.29, 0.717) is 0 Å². The lowest BCUT2D eigenvalue weighted by Gasteiger charge is -2.13. The van der Waals surface area contributed by atoms with E-state index in [4.69, 9.17) is 4.98 Å². The Morgan fingerprint density at radius 1 is 0.283 bits per heavy atom. The molecule has 3 heteroatoms. The van der Waals surface area contributed by atoms with E-state index >= 15 is 0 Å². The maximum Gasteiger partial charge on any atom is 0.0715 e. The van der Waals surface area contributed by atoms with Crippen LogP contribution in [0.3, 0.4) is 0 Å². The molecule has 3 nitrogen and oxygen atoms in total. The first-order chi connectivity index (χ1) is 29.7. The van der Waals surface area contributed by atoms with E-state index in [9.17, 15) is 0 Å². The minimum Gasteiger partial charge on any atom is -0.309 e. The summed E-state index contributed by atoms with van der Waals surface area (Å²) in [6, 6.07) is 77.2. The molecular formula is C57H35N3. The van der Waals surface area contributed by atoms with Gasteiger partial charge in [-0.05, 0) is 111 Å². The van der Waals surface area contributed by atoms with Crippen molar-refractivity contribution >= 4 is 65.2 Å². The minimum absolute atomic E-state index is 0.952. The average Bonchev–Trinajstić information content (AvgIpc) is 3.85. The Kier molecular flexibility index (Phi) is 7.01. The van der Waals surface area contributed by atoms with Crippen LogP contribution in [0.25, 0.3) is 121 Å². The third kappa shape index (κ3) is 4.87. The second-order valence-electron chi connectivity index (χ2n) is 15.9. The third-order valence-corrected chi connectivity index (χ3v) is 12.6. The highest BCUT2D eigenvalue weighted by Crippen LogP contribution is 2.46. The molecule has 0 amide bonds. The van der Waals surface area contributed by atoms with Crippen LogP contribution < -0.4 is 0 Å². The Hall–Kier alpha value is -8.01. The van der Waals surface area contributed by atoms with Crippen LogP contribution in [-0.2, 0) is 0 Å². The summed E-state index contributed by atoms with van der Waals surface area (Å²) in [7, 11) is 0. The van der Waals surface area contributed by atoms with Gasteiger partial charge < -0.3 is 9.13 Å². The summed E-state index contributed by atoms with van der Waals surface area (Å²) in [6.07, 6.45) is 0. The van der Waals surface area contributed by atoms with Gasteiger partial charge in [-0.25, -0.2) is 4.98 Å². The first-order valence-electron chi connectivity index (χ1n) is 20.6. The van der Waals surface area contributed by atoms with Gasteiger partial charge in [-0.1, -0.05) is 146 Å².